The molecule has 0 radical (unpaired) electrons. The molecular formula is C14H22N4O2. The van der Waals surface area contributed by atoms with Crippen LogP contribution in [0, 0.1) is 0 Å². The van der Waals surface area contributed by atoms with E-state index in [1.165, 1.54) is 0 Å². The third-order valence-electron chi connectivity index (χ3n) is 3.09. The second kappa shape index (κ2) is 5.64. The molecule has 1 amide bonds. The number of hydrogen-bond donors (Lipinski definition) is 0. The molecule has 2 rings (SSSR count). The molecule has 0 aromatic carbocycles. The van der Waals surface area contributed by atoms with Crippen LogP contribution in [-0.2, 0) is 4.74 Å². The molecule has 0 bridgehead atoms. The third-order valence-corrected chi connectivity index (χ3v) is 3.09. The van der Waals surface area contributed by atoms with Crippen LogP contribution >= 0.6 is 0 Å². The Kier molecular flexibility index (Phi) is 4.11. The van der Waals surface area contributed by atoms with Gasteiger partial charge in [0, 0.05) is 38.1 Å². The summed E-state index contributed by atoms with van der Waals surface area (Å²) in [5.74, 6) is 0.711. The minimum Gasteiger partial charge on any atom is -0.444 e. The zero-order chi connectivity index (χ0) is 14.8. The molecular weight excluding hydrogens is 256 g/mol. The highest BCUT2D eigenvalue weighted by molar-refractivity contribution is 5.69. The maximum absolute atomic E-state index is 12.1. The van der Waals surface area contributed by atoms with E-state index in [-0.39, 0.29) is 12.1 Å². The van der Waals surface area contributed by atoms with Gasteiger partial charge in [0.1, 0.15) is 5.60 Å². The van der Waals surface area contributed by atoms with Gasteiger partial charge in [-0.05, 0) is 33.8 Å². The van der Waals surface area contributed by atoms with Gasteiger partial charge < -0.3 is 14.5 Å². The highest BCUT2D eigenvalue weighted by Gasteiger charge is 2.31. The SMILES string of the molecule is CC1CN(c2ncccn2)CCN1C(=O)OC(C)(C)C. The first-order chi connectivity index (χ1) is 9.37. The Morgan fingerprint density at radius 2 is 1.95 bits per heavy atom. The van der Waals surface area contributed by atoms with Crippen LogP contribution < -0.4 is 4.90 Å². The second-order valence-corrected chi connectivity index (χ2v) is 6.02. The Bertz CT molecular complexity index is 458. The lowest BCUT2D eigenvalue weighted by Gasteiger charge is -2.40. The number of carbonyl (C=O) groups is 1. The molecule has 110 valence electrons. The molecule has 1 unspecified atom stereocenters. The number of nitrogens with zero attached hydrogens (tertiary/aromatic N) is 4. The Labute approximate surface area is 119 Å². The van der Waals surface area contributed by atoms with Crippen LogP contribution in [-0.4, -0.2) is 52.2 Å². The van der Waals surface area contributed by atoms with Crippen LogP contribution in [0.3, 0.4) is 0 Å². The van der Waals surface area contributed by atoms with E-state index >= 15 is 0 Å². The molecule has 1 aromatic rings. The Balaban J connectivity index is 1.98. The van der Waals surface area contributed by atoms with E-state index in [0.29, 0.717) is 25.6 Å². The molecule has 1 fully saturated rings. The lowest BCUT2D eigenvalue weighted by molar-refractivity contribution is 0.0158. The largest absolute Gasteiger partial charge is 0.444 e. The van der Waals surface area contributed by atoms with Gasteiger partial charge in [-0.15, -0.1) is 0 Å². The first-order valence-electron chi connectivity index (χ1n) is 6.88. The number of hydrogen-bond acceptors (Lipinski definition) is 5. The van der Waals surface area contributed by atoms with Crippen molar-refractivity contribution in [3.63, 3.8) is 0 Å². The number of amides is 1. The molecule has 1 aliphatic rings. The quantitative estimate of drug-likeness (QED) is 0.785. The van der Waals surface area contributed by atoms with E-state index in [1.807, 2.05) is 27.7 Å². The molecule has 0 spiro atoms. The summed E-state index contributed by atoms with van der Waals surface area (Å²) in [5.41, 5.74) is -0.462. The van der Waals surface area contributed by atoms with Crippen molar-refractivity contribution in [2.45, 2.75) is 39.3 Å². The second-order valence-electron chi connectivity index (χ2n) is 6.02. The molecule has 20 heavy (non-hydrogen) atoms. The first-order valence-corrected chi connectivity index (χ1v) is 6.88. The van der Waals surface area contributed by atoms with Crippen LogP contribution in [0.25, 0.3) is 0 Å². The normalized spacial score (nSPS) is 19.9. The lowest BCUT2D eigenvalue weighted by Crippen LogP contribution is -2.55. The maximum Gasteiger partial charge on any atom is 0.410 e. The fraction of sp³-hybridized carbons (Fsp3) is 0.643. The minimum absolute atomic E-state index is 0.0717. The van der Waals surface area contributed by atoms with E-state index in [9.17, 15) is 4.79 Å². The Morgan fingerprint density at radius 3 is 2.50 bits per heavy atom. The standard InChI is InChI=1S/C14H22N4O2/c1-11-10-17(12-15-6-5-7-16-12)8-9-18(11)13(19)20-14(2,3)4/h5-7,11H,8-10H2,1-4H3. The predicted octanol–water partition coefficient (Wildman–Crippen LogP) is 1.92. The van der Waals surface area contributed by atoms with Crippen molar-refractivity contribution >= 4 is 12.0 Å². The summed E-state index contributed by atoms with van der Waals surface area (Å²) in [7, 11) is 0. The summed E-state index contributed by atoms with van der Waals surface area (Å²) in [6.45, 7) is 9.70. The number of carbonyl (C=O) groups excluding carboxylic acids is 1. The van der Waals surface area contributed by atoms with Crippen molar-refractivity contribution in [2.75, 3.05) is 24.5 Å². The van der Waals surface area contributed by atoms with E-state index in [4.69, 9.17) is 4.74 Å². The number of ether oxygens (including phenoxy) is 1. The number of anilines is 1. The fourth-order valence-corrected chi connectivity index (χ4v) is 2.19. The molecule has 0 N–H and O–H groups in total. The summed E-state index contributed by atoms with van der Waals surface area (Å²) >= 11 is 0. The predicted molar refractivity (Wildman–Crippen MR) is 76.6 cm³/mol. The molecule has 6 nitrogen and oxygen atoms in total. The molecule has 6 heteroatoms. The fourth-order valence-electron chi connectivity index (χ4n) is 2.19. The molecule has 1 saturated heterocycles. The molecule has 1 aliphatic heterocycles. The molecule has 1 aromatic heterocycles. The van der Waals surface area contributed by atoms with Gasteiger partial charge in [-0.1, -0.05) is 0 Å². The minimum atomic E-state index is -0.462. The number of aromatic nitrogens is 2. The monoisotopic (exact) mass is 278 g/mol. The van der Waals surface area contributed by atoms with Crippen LogP contribution in [0.4, 0.5) is 10.7 Å². The summed E-state index contributed by atoms with van der Waals surface area (Å²) < 4.78 is 5.43. The van der Waals surface area contributed by atoms with Gasteiger partial charge in [0.15, 0.2) is 0 Å². The van der Waals surface area contributed by atoms with E-state index < -0.39 is 5.60 Å². The maximum atomic E-state index is 12.1. The molecule has 0 saturated carbocycles. The molecule has 2 heterocycles. The van der Waals surface area contributed by atoms with Crippen LogP contribution in [0.5, 0.6) is 0 Å². The zero-order valence-corrected chi connectivity index (χ0v) is 12.5. The highest BCUT2D eigenvalue weighted by atomic mass is 16.6. The molecule has 1 atom stereocenters. The van der Waals surface area contributed by atoms with Crippen molar-refractivity contribution < 1.29 is 9.53 Å². The number of rotatable bonds is 1. The highest BCUT2D eigenvalue weighted by Crippen LogP contribution is 2.17. The number of piperazine rings is 1. The van der Waals surface area contributed by atoms with Gasteiger partial charge in [-0.25, -0.2) is 14.8 Å². The zero-order valence-electron chi connectivity index (χ0n) is 12.5. The lowest BCUT2D eigenvalue weighted by atomic mass is 10.2. The van der Waals surface area contributed by atoms with E-state index in [0.717, 1.165) is 0 Å². The summed E-state index contributed by atoms with van der Waals surface area (Å²) in [6.07, 6.45) is 3.21. The van der Waals surface area contributed by atoms with Crippen molar-refractivity contribution in [1.29, 1.82) is 0 Å². The first kappa shape index (κ1) is 14.6. The van der Waals surface area contributed by atoms with Gasteiger partial charge in [0.2, 0.25) is 5.95 Å². The smallest absolute Gasteiger partial charge is 0.410 e. The van der Waals surface area contributed by atoms with Gasteiger partial charge in [0.05, 0.1) is 0 Å². The van der Waals surface area contributed by atoms with E-state index in [1.54, 1.807) is 23.4 Å². The average Bonchev–Trinajstić information content (AvgIpc) is 2.37. The Hall–Kier alpha value is -1.85. The third kappa shape index (κ3) is 3.59. The van der Waals surface area contributed by atoms with Gasteiger partial charge in [-0.2, -0.15) is 0 Å². The van der Waals surface area contributed by atoms with Gasteiger partial charge in [0.25, 0.3) is 0 Å². The van der Waals surface area contributed by atoms with Crippen molar-refractivity contribution in [1.82, 2.24) is 14.9 Å². The van der Waals surface area contributed by atoms with E-state index in [2.05, 4.69) is 14.9 Å². The molecule has 0 aliphatic carbocycles. The summed E-state index contributed by atoms with van der Waals surface area (Å²) in [4.78, 5) is 24.5. The van der Waals surface area contributed by atoms with Crippen molar-refractivity contribution in [3.05, 3.63) is 18.5 Å². The van der Waals surface area contributed by atoms with Crippen molar-refractivity contribution in [3.8, 4) is 0 Å². The van der Waals surface area contributed by atoms with Crippen molar-refractivity contribution in [2.24, 2.45) is 0 Å². The average molecular weight is 278 g/mol. The van der Waals surface area contributed by atoms with Crippen LogP contribution in [0.1, 0.15) is 27.7 Å². The topological polar surface area (TPSA) is 58.6 Å². The summed E-state index contributed by atoms with van der Waals surface area (Å²) in [5, 5.41) is 0. The summed E-state index contributed by atoms with van der Waals surface area (Å²) in [6, 6.07) is 1.87. The van der Waals surface area contributed by atoms with Crippen LogP contribution in [0.2, 0.25) is 0 Å². The van der Waals surface area contributed by atoms with Crippen LogP contribution in [0.15, 0.2) is 18.5 Å². The Morgan fingerprint density at radius 1 is 1.30 bits per heavy atom. The van der Waals surface area contributed by atoms with Gasteiger partial charge >= 0.3 is 6.09 Å². The van der Waals surface area contributed by atoms with Gasteiger partial charge in [-0.3, -0.25) is 0 Å².